The third-order valence-electron chi connectivity index (χ3n) is 4.45. The molecule has 2 heterocycles. The zero-order chi connectivity index (χ0) is 23.7. The van der Waals surface area contributed by atoms with Crippen LogP contribution in [0.25, 0.3) is 21.8 Å². The summed E-state index contributed by atoms with van der Waals surface area (Å²) in [6, 6.07) is 11.7. The third-order valence-corrected chi connectivity index (χ3v) is 5.37. The maximum atomic E-state index is 6.22. The van der Waals surface area contributed by atoms with E-state index in [0.717, 1.165) is 45.2 Å². The number of hydrogen-bond donors (Lipinski definition) is 4. The van der Waals surface area contributed by atoms with Gasteiger partial charge in [0.15, 0.2) is 0 Å². The van der Waals surface area contributed by atoms with Gasteiger partial charge in [-0.1, -0.05) is 48.7 Å². The van der Waals surface area contributed by atoms with Crippen LogP contribution in [0, 0.1) is 0 Å². The van der Waals surface area contributed by atoms with Crippen LogP contribution in [0.3, 0.4) is 0 Å². The molecule has 0 unspecified atom stereocenters. The molecule has 2 aromatic heterocycles. The number of aliphatic imine (C=N–C) groups is 1. The fourth-order valence-electron chi connectivity index (χ4n) is 3.23. The molecule has 0 aliphatic carbocycles. The van der Waals surface area contributed by atoms with Gasteiger partial charge in [-0.3, -0.25) is 4.99 Å². The predicted octanol–water partition coefficient (Wildman–Crippen LogP) is 6.55. The standard InChI is InChI=1S/C20H16Cl3N5.C2H6.CH5N/c21-12-1-2-18-15(6-12)16-7-13(27-14-8-17(22)20(23)26-9-14)5-11(19(16)28-18)3-4-25-10-24;2*1-2/h1-2,5-10,27-28H,3-4H2,(H2,24,25);1-2H3;2H2,1H3. The fraction of sp³-hybridized carbons (Fsp3) is 0.217. The molecule has 0 spiro atoms. The first-order valence-electron chi connectivity index (χ1n) is 10.1. The van der Waals surface area contributed by atoms with Crippen LogP contribution in [-0.4, -0.2) is 29.9 Å². The number of aromatic amines is 1. The van der Waals surface area contributed by atoms with Crippen molar-refractivity contribution in [2.45, 2.75) is 20.3 Å². The molecular formula is C23H27Cl3N6. The van der Waals surface area contributed by atoms with E-state index in [1.807, 2.05) is 32.0 Å². The Kier molecular flexibility index (Phi) is 10.1. The second-order valence-corrected chi connectivity index (χ2v) is 7.50. The van der Waals surface area contributed by atoms with E-state index in [4.69, 9.17) is 40.5 Å². The van der Waals surface area contributed by atoms with Crippen molar-refractivity contribution in [2.24, 2.45) is 16.5 Å². The second kappa shape index (κ2) is 12.5. The molecule has 0 aliphatic rings. The van der Waals surface area contributed by atoms with Gasteiger partial charge in [-0.25, -0.2) is 4.98 Å². The van der Waals surface area contributed by atoms with Crippen molar-refractivity contribution in [3.8, 4) is 0 Å². The van der Waals surface area contributed by atoms with Crippen molar-refractivity contribution < 1.29 is 0 Å². The Morgan fingerprint density at radius 1 is 1.03 bits per heavy atom. The molecule has 4 rings (SSSR count). The molecule has 0 bridgehead atoms. The largest absolute Gasteiger partial charge is 0.390 e. The lowest BCUT2D eigenvalue weighted by Gasteiger charge is -2.10. The van der Waals surface area contributed by atoms with E-state index in [2.05, 4.69) is 38.1 Å². The summed E-state index contributed by atoms with van der Waals surface area (Å²) in [5.41, 5.74) is 14.7. The normalized spacial score (nSPS) is 10.6. The Labute approximate surface area is 203 Å². The number of rotatable bonds is 5. The van der Waals surface area contributed by atoms with Gasteiger partial charge >= 0.3 is 0 Å². The lowest BCUT2D eigenvalue weighted by molar-refractivity contribution is 0.977. The summed E-state index contributed by atoms with van der Waals surface area (Å²) >= 11 is 18.2. The minimum Gasteiger partial charge on any atom is -0.390 e. The number of nitrogens with zero attached hydrogens (tertiary/aromatic N) is 2. The van der Waals surface area contributed by atoms with Crippen molar-refractivity contribution in [1.82, 2.24) is 9.97 Å². The highest BCUT2D eigenvalue weighted by Gasteiger charge is 2.12. The lowest BCUT2D eigenvalue weighted by atomic mass is 10.0. The second-order valence-electron chi connectivity index (χ2n) is 6.30. The topological polar surface area (TPSA) is 105 Å². The molecule has 0 saturated heterocycles. The zero-order valence-electron chi connectivity index (χ0n) is 18.2. The quantitative estimate of drug-likeness (QED) is 0.144. The SMILES string of the molecule is CC.CN.NC=NCCc1cc(Nc2cnc(Cl)c(Cl)c2)cc2c1[nH]c1ccc(Cl)cc12. The van der Waals surface area contributed by atoms with Gasteiger partial charge in [0.25, 0.3) is 0 Å². The number of benzene rings is 2. The van der Waals surface area contributed by atoms with E-state index in [1.54, 1.807) is 12.3 Å². The summed E-state index contributed by atoms with van der Waals surface area (Å²) in [6.45, 7) is 4.60. The van der Waals surface area contributed by atoms with Crippen molar-refractivity contribution in [2.75, 3.05) is 18.9 Å². The number of aromatic nitrogens is 2. The molecule has 170 valence electrons. The molecule has 0 fully saturated rings. The fourth-order valence-corrected chi connectivity index (χ4v) is 3.67. The molecule has 0 atom stereocenters. The average Bonchev–Trinajstić information content (AvgIpc) is 3.17. The van der Waals surface area contributed by atoms with Crippen molar-refractivity contribution in [1.29, 1.82) is 0 Å². The number of fused-ring (bicyclic) bond motifs is 3. The number of nitrogens with one attached hydrogen (secondary N) is 2. The Hall–Kier alpha value is -2.51. The molecule has 0 radical (unpaired) electrons. The van der Waals surface area contributed by atoms with Crippen LogP contribution in [0.1, 0.15) is 19.4 Å². The van der Waals surface area contributed by atoms with E-state index in [0.29, 0.717) is 16.6 Å². The molecule has 9 heteroatoms. The smallest absolute Gasteiger partial charge is 0.147 e. The Balaban J connectivity index is 0.000000860. The highest BCUT2D eigenvalue weighted by Crippen LogP contribution is 2.34. The summed E-state index contributed by atoms with van der Waals surface area (Å²) in [4.78, 5) is 11.7. The van der Waals surface area contributed by atoms with Crippen LogP contribution in [0.4, 0.5) is 11.4 Å². The van der Waals surface area contributed by atoms with Crippen LogP contribution >= 0.6 is 34.8 Å². The van der Waals surface area contributed by atoms with Gasteiger partial charge in [0.1, 0.15) is 5.15 Å². The van der Waals surface area contributed by atoms with Crippen LogP contribution in [0.15, 0.2) is 47.6 Å². The van der Waals surface area contributed by atoms with Gasteiger partial charge in [0.2, 0.25) is 0 Å². The Morgan fingerprint density at radius 3 is 2.47 bits per heavy atom. The summed E-state index contributed by atoms with van der Waals surface area (Å²) in [6.07, 6.45) is 3.70. The summed E-state index contributed by atoms with van der Waals surface area (Å²) < 4.78 is 0. The van der Waals surface area contributed by atoms with Crippen LogP contribution in [-0.2, 0) is 6.42 Å². The number of anilines is 2. The number of hydrogen-bond acceptors (Lipinski definition) is 4. The van der Waals surface area contributed by atoms with E-state index in [-0.39, 0.29) is 5.15 Å². The van der Waals surface area contributed by atoms with E-state index >= 15 is 0 Å². The molecule has 0 aliphatic heterocycles. The average molecular weight is 494 g/mol. The molecule has 2 aromatic carbocycles. The Morgan fingerprint density at radius 2 is 1.78 bits per heavy atom. The van der Waals surface area contributed by atoms with E-state index in [1.165, 1.54) is 13.4 Å². The van der Waals surface area contributed by atoms with Gasteiger partial charge in [-0.05, 0) is 55.4 Å². The molecular weight excluding hydrogens is 467 g/mol. The van der Waals surface area contributed by atoms with Gasteiger partial charge in [-0.15, -0.1) is 0 Å². The third kappa shape index (κ3) is 6.04. The molecule has 6 nitrogen and oxygen atoms in total. The van der Waals surface area contributed by atoms with Gasteiger partial charge in [-0.2, -0.15) is 0 Å². The molecule has 4 aromatic rings. The minimum atomic E-state index is 0.272. The zero-order valence-corrected chi connectivity index (χ0v) is 20.5. The highest BCUT2D eigenvalue weighted by molar-refractivity contribution is 6.41. The van der Waals surface area contributed by atoms with Crippen LogP contribution in [0.2, 0.25) is 15.2 Å². The van der Waals surface area contributed by atoms with Gasteiger partial charge < -0.3 is 21.8 Å². The lowest BCUT2D eigenvalue weighted by Crippen LogP contribution is -1.98. The van der Waals surface area contributed by atoms with Crippen LogP contribution in [0.5, 0.6) is 0 Å². The first kappa shape index (κ1) is 25.7. The molecule has 0 saturated carbocycles. The highest BCUT2D eigenvalue weighted by atomic mass is 35.5. The molecule has 32 heavy (non-hydrogen) atoms. The monoisotopic (exact) mass is 492 g/mol. The maximum absolute atomic E-state index is 6.22. The summed E-state index contributed by atoms with van der Waals surface area (Å²) in [5.74, 6) is 0. The maximum Gasteiger partial charge on any atom is 0.147 e. The minimum absolute atomic E-state index is 0.272. The van der Waals surface area contributed by atoms with Crippen LogP contribution < -0.4 is 16.8 Å². The summed E-state index contributed by atoms with van der Waals surface area (Å²) in [5, 5.41) is 6.83. The number of nitrogens with two attached hydrogens (primary N) is 2. The molecule has 0 amide bonds. The number of H-pyrrole nitrogens is 1. The van der Waals surface area contributed by atoms with Crippen molar-refractivity contribution in [3.63, 3.8) is 0 Å². The Bertz CT molecular complexity index is 1200. The van der Waals surface area contributed by atoms with E-state index in [9.17, 15) is 0 Å². The number of halogens is 3. The predicted molar refractivity (Wildman–Crippen MR) is 141 cm³/mol. The first-order chi connectivity index (χ1) is 15.5. The number of pyridine rings is 1. The van der Waals surface area contributed by atoms with Crippen molar-refractivity contribution >= 4 is 74.3 Å². The first-order valence-corrected chi connectivity index (χ1v) is 11.3. The van der Waals surface area contributed by atoms with Gasteiger partial charge in [0, 0.05) is 39.1 Å². The van der Waals surface area contributed by atoms with Crippen molar-refractivity contribution in [3.05, 3.63) is 63.4 Å². The summed E-state index contributed by atoms with van der Waals surface area (Å²) in [7, 11) is 1.50. The van der Waals surface area contributed by atoms with Gasteiger partial charge in [0.05, 0.1) is 23.2 Å². The molecule has 6 N–H and O–H groups in total. The van der Waals surface area contributed by atoms with E-state index < -0.39 is 0 Å².